The number of anilines is 1. The number of ketones is 1. The van der Waals surface area contributed by atoms with Gasteiger partial charge in [-0.1, -0.05) is 15.9 Å². The zero-order chi connectivity index (χ0) is 12.6. The normalized spacial score (nSPS) is 18.1. The summed E-state index contributed by atoms with van der Waals surface area (Å²) in [5, 5.41) is 2.75. The quantitative estimate of drug-likeness (QED) is 0.911. The molecule has 1 aromatic rings. The van der Waals surface area contributed by atoms with E-state index >= 15 is 0 Å². The molecular weight excluding hydrogens is 286 g/mol. The number of rotatable bonds is 2. The average Bonchev–Trinajstić information content (AvgIpc) is 2.22. The van der Waals surface area contributed by atoms with Crippen LogP contribution in [-0.2, 0) is 16.0 Å². The molecule has 0 fully saturated rings. The molecule has 0 aliphatic carbocycles. The van der Waals surface area contributed by atoms with Gasteiger partial charge in [0, 0.05) is 10.9 Å². The Hall–Kier alpha value is -1.36. The van der Waals surface area contributed by atoms with Gasteiger partial charge in [-0.2, -0.15) is 0 Å². The van der Waals surface area contributed by atoms with E-state index in [9.17, 15) is 9.59 Å². The second kappa shape index (κ2) is 4.49. The maximum atomic E-state index is 11.5. The maximum Gasteiger partial charge on any atom is 0.265 e. The molecule has 17 heavy (non-hydrogen) atoms. The first-order valence-corrected chi connectivity index (χ1v) is 6.06. The topological polar surface area (TPSA) is 55.4 Å². The van der Waals surface area contributed by atoms with Gasteiger partial charge in [0.2, 0.25) is 0 Å². The molecule has 1 N–H and O–H groups in total. The Balaban J connectivity index is 2.39. The lowest BCUT2D eigenvalue weighted by Crippen LogP contribution is -2.34. The molecule has 1 atom stereocenters. The first-order chi connectivity index (χ1) is 7.97. The molecule has 0 bridgehead atoms. The van der Waals surface area contributed by atoms with Crippen LogP contribution in [0.2, 0.25) is 0 Å². The Bertz CT molecular complexity index is 499. The monoisotopic (exact) mass is 297 g/mol. The molecule has 0 radical (unpaired) electrons. The molecule has 1 heterocycles. The van der Waals surface area contributed by atoms with Crippen molar-refractivity contribution in [2.75, 3.05) is 5.32 Å². The second-order valence-electron chi connectivity index (χ2n) is 4.07. The van der Waals surface area contributed by atoms with Gasteiger partial charge in [-0.05, 0) is 31.5 Å². The van der Waals surface area contributed by atoms with Crippen molar-refractivity contribution in [3.8, 4) is 5.75 Å². The van der Waals surface area contributed by atoms with Gasteiger partial charge in [-0.3, -0.25) is 9.59 Å². The van der Waals surface area contributed by atoms with Gasteiger partial charge < -0.3 is 10.1 Å². The van der Waals surface area contributed by atoms with Crippen molar-refractivity contribution in [1.82, 2.24) is 0 Å². The number of hydrogen-bond acceptors (Lipinski definition) is 3. The van der Waals surface area contributed by atoms with Crippen molar-refractivity contribution < 1.29 is 14.3 Å². The fraction of sp³-hybridized carbons (Fsp3) is 0.333. The summed E-state index contributed by atoms with van der Waals surface area (Å²) in [4.78, 5) is 22.6. The van der Waals surface area contributed by atoms with Crippen LogP contribution in [0.25, 0.3) is 0 Å². The smallest absolute Gasteiger partial charge is 0.265 e. The molecular formula is C12H12BrNO3. The second-order valence-corrected chi connectivity index (χ2v) is 4.92. The minimum absolute atomic E-state index is 0.0714. The van der Waals surface area contributed by atoms with Crippen molar-refractivity contribution in [2.45, 2.75) is 26.4 Å². The van der Waals surface area contributed by atoms with E-state index in [-0.39, 0.29) is 11.7 Å². The van der Waals surface area contributed by atoms with Crippen molar-refractivity contribution in [3.05, 3.63) is 22.2 Å². The fourth-order valence-electron chi connectivity index (χ4n) is 1.68. The van der Waals surface area contributed by atoms with Crippen LogP contribution in [0.5, 0.6) is 5.75 Å². The van der Waals surface area contributed by atoms with Crippen LogP contribution in [0.3, 0.4) is 0 Å². The highest BCUT2D eigenvalue weighted by Gasteiger charge is 2.24. The number of ether oxygens (including phenoxy) is 1. The number of halogens is 1. The lowest BCUT2D eigenvalue weighted by atomic mass is 10.1. The van der Waals surface area contributed by atoms with Gasteiger partial charge in [-0.25, -0.2) is 0 Å². The summed E-state index contributed by atoms with van der Waals surface area (Å²) in [7, 11) is 0. The number of fused-ring (bicyclic) bond motifs is 1. The summed E-state index contributed by atoms with van der Waals surface area (Å²) in [6, 6.07) is 3.55. The summed E-state index contributed by atoms with van der Waals surface area (Å²) in [6.45, 7) is 3.22. The first-order valence-electron chi connectivity index (χ1n) is 5.26. The third-order valence-corrected chi connectivity index (χ3v) is 3.26. The Kier molecular flexibility index (Phi) is 3.19. The molecule has 4 nitrogen and oxygen atoms in total. The third kappa shape index (κ3) is 2.49. The van der Waals surface area contributed by atoms with E-state index in [2.05, 4.69) is 21.2 Å². The summed E-state index contributed by atoms with van der Waals surface area (Å²) < 4.78 is 6.27. The summed E-state index contributed by atoms with van der Waals surface area (Å²) >= 11 is 3.39. The summed E-state index contributed by atoms with van der Waals surface area (Å²) in [5.74, 6) is 0.520. The van der Waals surface area contributed by atoms with E-state index in [1.807, 2.05) is 0 Å². The molecule has 2 rings (SSSR count). The predicted octanol–water partition coefficient (Wildman–Crippen LogP) is 2.30. The highest BCUT2D eigenvalue weighted by atomic mass is 79.9. The Morgan fingerprint density at radius 1 is 1.53 bits per heavy atom. The van der Waals surface area contributed by atoms with Crippen LogP contribution in [0.4, 0.5) is 5.69 Å². The molecule has 1 unspecified atom stereocenters. The number of benzene rings is 1. The van der Waals surface area contributed by atoms with Gasteiger partial charge in [0.05, 0.1) is 5.69 Å². The predicted molar refractivity (Wildman–Crippen MR) is 67.2 cm³/mol. The molecule has 0 saturated carbocycles. The minimum Gasteiger partial charge on any atom is -0.479 e. The van der Waals surface area contributed by atoms with E-state index in [1.54, 1.807) is 19.1 Å². The van der Waals surface area contributed by atoms with Crippen LogP contribution in [0.15, 0.2) is 16.6 Å². The summed E-state index contributed by atoms with van der Waals surface area (Å²) in [6.07, 6.45) is -0.160. The SMILES string of the molecule is CC(=O)Cc1cc2c(cc1Br)OC(C)C(=O)N2. The maximum absolute atomic E-state index is 11.5. The largest absolute Gasteiger partial charge is 0.479 e. The highest BCUT2D eigenvalue weighted by molar-refractivity contribution is 9.10. The molecule has 0 saturated heterocycles. The zero-order valence-electron chi connectivity index (χ0n) is 9.54. The molecule has 90 valence electrons. The fourth-order valence-corrected chi connectivity index (χ4v) is 2.14. The number of nitrogens with one attached hydrogen (secondary N) is 1. The highest BCUT2D eigenvalue weighted by Crippen LogP contribution is 2.35. The van der Waals surface area contributed by atoms with Crippen LogP contribution in [0.1, 0.15) is 19.4 Å². The van der Waals surface area contributed by atoms with E-state index in [1.165, 1.54) is 6.92 Å². The van der Waals surface area contributed by atoms with Crippen LogP contribution in [-0.4, -0.2) is 17.8 Å². The van der Waals surface area contributed by atoms with Crippen molar-refractivity contribution in [2.24, 2.45) is 0 Å². The van der Waals surface area contributed by atoms with Crippen LogP contribution < -0.4 is 10.1 Å². The van der Waals surface area contributed by atoms with Crippen molar-refractivity contribution in [1.29, 1.82) is 0 Å². The number of hydrogen-bond donors (Lipinski definition) is 1. The van der Waals surface area contributed by atoms with Crippen molar-refractivity contribution in [3.63, 3.8) is 0 Å². The van der Waals surface area contributed by atoms with Crippen LogP contribution in [0, 0.1) is 0 Å². The minimum atomic E-state index is -0.493. The molecule has 1 amide bonds. The Morgan fingerprint density at radius 3 is 2.88 bits per heavy atom. The lowest BCUT2D eigenvalue weighted by Gasteiger charge is -2.24. The van der Waals surface area contributed by atoms with E-state index in [0.29, 0.717) is 17.9 Å². The number of Topliss-reactive ketones (excluding diaryl/α,β-unsaturated/α-hetero) is 1. The molecule has 0 spiro atoms. The number of amides is 1. The van der Waals surface area contributed by atoms with Gasteiger partial charge in [0.25, 0.3) is 5.91 Å². The van der Waals surface area contributed by atoms with Gasteiger partial charge in [0.1, 0.15) is 11.5 Å². The van der Waals surface area contributed by atoms with E-state index < -0.39 is 6.10 Å². The van der Waals surface area contributed by atoms with Gasteiger partial charge in [-0.15, -0.1) is 0 Å². The van der Waals surface area contributed by atoms with E-state index in [0.717, 1.165) is 10.0 Å². The van der Waals surface area contributed by atoms with E-state index in [4.69, 9.17) is 4.74 Å². The molecule has 0 aromatic heterocycles. The standard InChI is InChI=1S/C12H12BrNO3/c1-6(15)3-8-4-10-11(5-9(8)13)17-7(2)12(16)14-10/h4-5,7H,3H2,1-2H3,(H,14,16). The lowest BCUT2D eigenvalue weighted by molar-refractivity contribution is -0.122. The number of carbonyl (C=O) groups excluding carboxylic acids is 2. The van der Waals surface area contributed by atoms with Crippen molar-refractivity contribution >= 4 is 33.3 Å². The van der Waals surface area contributed by atoms with Crippen LogP contribution >= 0.6 is 15.9 Å². The molecule has 1 aromatic carbocycles. The summed E-state index contributed by atoms with van der Waals surface area (Å²) in [5.41, 5.74) is 1.46. The average molecular weight is 298 g/mol. The molecule has 1 aliphatic rings. The van der Waals surface area contributed by atoms with Gasteiger partial charge in [0.15, 0.2) is 6.10 Å². The van der Waals surface area contributed by atoms with Gasteiger partial charge >= 0.3 is 0 Å². The molecule has 1 aliphatic heterocycles. The number of carbonyl (C=O) groups is 2. The zero-order valence-corrected chi connectivity index (χ0v) is 11.1. The Labute approximate surface area is 107 Å². The third-order valence-electron chi connectivity index (χ3n) is 2.52. The molecule has 5 heteroatoms. The first kappa shape index (κ1) is 12.1. The Morgan fingerprint density at radius 2 is 2.24 bits per heavy atom.